The normalized spacial score (nSPS) is 12.4. The van der Waals surface area contributed by atoms with E-state index in [4.69, 9.17) is 0 Å². The molecule has 8 heteroatoms. The molecule has 2 heterocycles. The summed E-state index contributed by atoms with van der Waals surface area (Å²) in [5.74, 6) is 1.38. The van der Waals surface area contributed by atoms with Crippen LogP contribution in [0.25, 0.3) is 5.69 Å². The molecule has 3 rings (SSSR count). The number of nitrogens with zero attached hydrogens (tertiary/aromatic N) is 5. The summed E-state index contributed by atoms with van der Waals surface area (Å²) < 4.78 is 3.78. The van der Waals surface area contributed by atoms with E-state index in [1.165, 1.54) is 11.8 Å². The van der Waals surface area contributed by atoms with Gasteiger partial charge in [0.15, 0.2) is 5.16 Å². The second kappa shape index (κ2) is 7.96. The minimum absolute atomic E-state index is 0.0978. The Hall–Kier alpha value is -2.61. The van der Waals surface area contributed by atoms with Gasteiger partial charge in [-0.2, -0.15) is 5.10 Å². The van der Waals surface area contributed by atoms with Crippen molar-refractivity contribution in [2.24, 2.45) is 0 Å². The second-order valence-corrected chi connectivity index (χ2v) is 7.96. The lowest BCUT2D eigenvalue weighted by Gasteiger charge is -2.16. The fraction of sp³-hybridized carbons (Fsp3) is 0.368. The molecular weight excluding hydrogens is 360 g/mol. The third-order valence-corrected chi connectivity index (χ3v) is 5.26. The fourth-order valence-corrected chi connectivity index (χ4v) is 3.68. The van der Waals surface area contributed by atoms with Crippen molar-refractivity contribution in [1.29, 1.82) is 0 Å². The fourth-order valence-electron chi connectivity index (χ4n) is 2.78. The van der Waals surface area contributed by atoms with E-state index >= 15 is 0 Å². The molecule has 2 aromatic heterocycles. The lowest BCUT2D eigenvalue weighted by molar-refractivity contribution is -0.115. The first kappa shape index (κ1) is 19.2. The van der Waals surface area contributed by atoms with Gasteiger partial charge in [-0.1, -0.05) is 30.0 Å². The van der Waals surface area contributed by atoms with Crippen LogP contribution < -0.4 is 5.32 Å². The highest BCUT2D eigenvalue weighted by Gasteiger charge is 2.21. The van der Waals surface area contributed by atoms with Gasteiger partial charge in [0.05, 0.1) is 17.1 Å². The summed E-state index contributed by atoms with van der Waals surface area (Å²) in [4.78, 5) is 12.7. The van der Waals surface area contributed by atoms with Gasteiger partial charge in [-0.15, -0.1) is 10.2 Å². The molecule has 0 fully saturated rings. The van der Waals surface area contributed by atoms with Crippen LogP contribution in [-0.4, -0.2) is 35.7 Å². The minimum atomic E-state index is -0.341. The maximum absolute atomic E-state index is 12.7. The lowest BCUT2D eigenvalue weighted by atomic mass is 10.2. The highest BCUT2D eigenvalue weighted by atomic mass is 32.2. The number of rotatable bonds is 6. The summed E-state index contributed by atoms with van der Waals surface area (Å²) in [5.41, 5.74) is 2.15. The van der Waals surface area contributed by atoms with E-state index in [1.54, 1.807) is 16.9 Å². The lowest BCUT2D eigenvalue weighted by Crippen LogP contribution is -2.25. The second-order valence-electron chi connectivity index (χ2n) is 6.66. The molecular formula is C19H24N6OS. The maximum Gasteiger partial charge on any atom is 0.238 e. The predicted molar refractivity (Wildman–Crippen MR) is 107 cm³/mol. The van der Waals surface area contributed by atoms with Crippen molar-refractivity contribution in [2.45, 2.75) is 51.1 Å². The summed E-state index contributed by atoms with van der Waals surface area (Å²) in [6, 6.07) is 10.0. The molecule has 0 saturated heterocycles. The van der Waals surface area contributed by atoms with Crippen LogP contribution in [0.3, 0.4) is 0 Å². The zero-order chi connectivity index (χ0) is 19.6. The third kappa shape index (κ3) is 4.05. The van der Waals surface area contributed by atoms with Gasteiger partial charge in [0.25, 0.3) is 0 Å². The summed E-state index contributed by atoms with van der Waals surface area (Å²) >= 11 is 1.39. The Morgan fingerprint density at radius 3 is 2.56 bits per heavy atom. The first-order chi connectivity index (χ1) is 12.9. The van der Waals surface area contributed by atoms with E-state index in [1.807, 2.05) is 63.5 Å². The molecule has 0 aliphatic heterocycles. The number of carbonyl (C=O) groups excluding carboxylic acids is 1. The molecule has 1 aromatic carbocycles. The number of para-hydroxylation sites is 1. The van der Waals surface area contributed by atoms with Crippen molar-refractivity contribution < 1.29 is 4.79 Å². The van der Waals surface area contributed by atoms with Gasteiger partial charge in [-0.05, 0) is 46.2 Å². The number of carbonyl (C=O) groups is 1. The zero-order valence-corrected chi connectivity index (χ0v) is 17.0. The molecule has 0 aliphatic rings. The molecule has 1 unspecified atom stereocenters. The molecule has 0 aliphatic carbocycles. The van der Waals surface area contributed by atoms with Gasteiger partial charge in [0.1, 0.15) is 11.6 Å². The average molecular weight is 385 g/mol. The summed E-state index contributed by atoms with van der Waals surface area (Å²) in [7, 11) is 0. The summed E-state index contributed by atoms with van der Waals surface area (Å²) in [5, 5.41) is 16.0. The van der Waals surface area contributed by atoms with Crippen molar-refractivity contribution in [3.05, 3.63) is 47.9 Å². The van der Waals surface area contributed by atoms with Gasteiger partial charge < -0.3 is 5.32 Å². The number of anilines is 1. The van der Waals surface area contributed by atoms with Crippen LogP contribution in [0.5, 0.6) is 0 Å². The van der Waals surface area contributed by atoms with Crippen molar-refractivity contribution in [2.75, 3.05) is 5.32 Å². The molecule has 142 valence electrons. The van der Waals surface area contributed by atoms with E-state index in [2.05, 4.69) is 20.6 Å². The van der Waals surface area contributed by atoms with E-state index in [9.17, 15) is 4.79 Å². The molecule has 1 atom stereocenters. The Morgan fingerprint density at radius 2 is 1.85 bits per heavy atom. The Balaban J connectivity index is 1.79. The standard InChI is InChI=1S/C19H24N6OS/c1-12(2)25-17(10-11-20-25)21-18(26)14(4)27-19-23-22-15(5)24(19)16-9-7-6-8-13(16)3/h6-12,14H,1-5H3,(H,21,26). The van der Waals surface area contributed by atoms with Crippen LogP contribution >= 0.6 is 11.8 Å². The highest BCUT2D eigenvalue weighted by Crippen LogP contribution is 2.27. The van der Waals surface area contributed by atoms with Crippen LogP contribution in [0.2, 0.25) is 0 Å². The average Bonchev–Trinajstić information content (AvgIpc) is 3.22. The number of benzene rings is 1. The van der Waals surface area contributed by atoms with Crippen molar-refractivity contribution >= 4 is 23.5 Å². The largest absolute Gasteiger partial charge is 0.310 e. The SMILES string of the molecule is Cc1ccccc1-n1c(C)nnc1SC(C)C(=O)Nc1ccnn1C(C)C. The van der Waals surface area contributed by atoms with Crippen molar-refractivity contribution in [1.82, 2.24) is 24.5 Å². The van der Waals surface area contributed by atoms with E-state index in [0.29, 0.717) is 11.0 Å². The molecule has 1 amide bonds. The van der Waals surface area contributed by atoms with Gasteiger partial charge in [-0.3, -0.25) is 9.36 Å². The van der Waals surface area contributed by atoms with Crippen LogP contribution in [0, 0.1) is 13.8 Å². The molecule has 0 saturated carbocycles. The number of aryl methyl sites for hydroxylation is 2. The zero-order valence-electron chi connectivity index (χ0n) is 16.2. The molecule has 0 bridgehead atoms. The predicted octanol–water partition coefficient (Wildman–Crippen LogP) is 3.78. The molecule has 1 N–H and O–H groups in total. The Bertz CT molecular complexity index is 945. The molecule has 3 aromatic rings. The molecule has 27 heavy (non-hydrogen) atoms. The van der Waals surface area contributed by atoms with E-state index in [-0.39, 0.29) is 17.2 Å². The van der Waals surface area contributed by atoms with Crippen molar-refractivity contribution in [3.8, 4) is 5.69 Å². The number of hydrogen-bond acceptors (Lipinski definition) is 5. The highest BCUT2D eigenvalue weighted by molar-refractivity contribution is 8.00. The van der Waals surface area contributed by atoms with E-state index < -0.39 is 0 Å². The molecule has 0 radical (unpaired) electrons. The minimum Gasteiger partial charge on any atom is -0.310 e. The third-order valence-electron chi connectivity index (χ3n) is 4.21. The van der Waals surface area contributed by atoms with Crippen LogP contribution in [0.1, 0.15) is 38.2 Å². The quantitative estimate of drug-likeness (QED) is 0.655. The number of nitrogens with one attached hydrogen (secondary N) is 1. The Morgan fingerprint density at radius 1 is 1.11 bits per heavy atom. The van der Waals surface area contributed by atoms with Crippen LogP contribution in [-0.2, 0) is 4.79 Å². The van der Waals surface area contributed by atoms with Crippen LogP contribution in [0.15, 0.2) is 41.7 Å². The van der Waals surface area contributed by atoms with Gasteiger partial charge in [-0.25, -0.2) is 4.68 Å². The summed E-state index contributed by atoms with van der Waals surface area (Å²) in [6.45, 7) is 9.87. The first-order valence-corrected chi connectivity index (χ1v) is 9.75. The van der Waals surface area contributed by atoms with Gasteiger partial charge in [0, 0.05) is 12.1 Å². The van der Waals surface area contributed by atoms with Crippen LogP contribution in [0.4, 0.5) is 5.82 Å². The Kier molecular flexibility index (Phi) is 5.65. The number of aromatic nitrogens is 5. The van der Waals surface area contributed by atoms with Gasteiger partial charge in [0.2, 0.25) is 5.91 Å². The number of hydrogen-bond donors (Lipinski definition) is 1. The number of thioether (sulfide) groups is 1. The smallest absolute Gasteiger partial charge is 0.238 e. The molecule has 0 spiro atoms. The molecule has 7 nitrogen and oxygen atoms in total. The Labute approximate surface area is 163 Å². The topological polar surface area (TPSA) is 77.6 Å². The number of amides is 1. The maximum atomic E-state index is 12.7. The van der Waals surface area contributed by atoms with E-state index in [0.717, 1.165) is 17.1 Å². The first-order valence-electron chi connectivity index (χ1n) is 8.87. The van der Waals surface area contributed by atoms with Gasteiger partial charge >= 0.3 is 0 Å². The summed E-state index contributed by atoms with van der Waals surface area (Å²) in [6.07, 6.45) is 1.69. The monoisotopic (exact) mass is 384 g/mol. The van der Waals surface area contributed by atoms with Crippen molar-refractivity contribution in [3.63, 3.8) is 0 Å².